The first-order valence-electron chi connectivity index (χ1n) is 9.44. The molecular weight excluding hydrogens is 344 g/mol. The van der Waals surface area contributed by atoms with Crippen LogP contribution in [0.2, 0.25) is 0 Å². The number of nitrogens with zero attached hydrogens (tertiary/aromatic N) is 1. The minimum atomic E-state index is -1.17. The molecule has 3 saturated heterocycles. The fourth-order valence-electron chi connectivity index (χ4n) is 5.89. The van der Waals surface area contributed by atoms with Crippen molar-refractivity contribution in [2.45, 2.75) is 31.5 Å². The normalized spacial score (nSPS) is 38.2. The van der Waals surface area contributed by atoms with E-state index in [0.29, 0.717) is 19.4 Å². The van der Waals surface area contributed by atoms with Crippen LogP contribution in [0.1, 0.15) is 24.6 Å². The predicted octanol–water partition coefficient (Wildman–Crippen LogP) is 1.67. The number of aliphatic hydroxyl groups is 2. The fourth-order valence-corrected chi connectivity index (χ4v) is 5.89. The van der Waals surface area contributed by atoms with Gasteiger partial charge in [0.25, 0.3) is 0 Å². The van der Waals surface area contributed by atoms with E-state index < -0.39 is 17.1 Å². The van der Waals surface area contributed by atoms with Gasteiger partial charge in [-0.2, -0.15) is 0 Å². The summed E-state index contributed by atoms with van der Waals surface area (Å²) < 4.78 is 5.17. The second-order valence-corrected chi connectivity index (χ2v) is 8.00. The number of benzene rings is 1. The number of fused-ring (bicyclic) bond motifs is 4. The Morgan fingerprint density at radius 1 is 1.44 bits per heavy atom. The summed E-state index contributed by atoms with van der Waals surface area (Å²) >= 11 is 0. The van der Waals surface area contributed by atoms with Gasteiger partial charge in [-0.05, 0) is 25.0 Å². The van der Waals surface area contributed by atoms with Crippen LogP contribution in [-0.2, 0) is 21.7 Å². The lowest BCUT2D eigenvalue weighted by molar-refractivity contribution is -0.252. The number of nitrogens with one attached hydrogen (secondary N) is 1. The molecule has 0 saturated carbocycles. The van der Waals surface area contributed by atoms with Gasteiger partial charge in [-0.3, -0.25) is 9.69 Å². The second-order valence-electron chi connectivity index (χ2n) is 8.00. The molecule has 6 rings (SSSR count). The number of H-pyrrole nitrogens is 1. The van der Waals surface area contributed by atoms with Crippen LogP contribution in [0.3, 0.4) is 0 Å². The van der Waals surface area contributed by atoms with E-state index in [4.69, 9.17) is 4.74 Å². The van der Waals surface area contributed by atoms with Crippen molar-refractivity contribution in [2.75, 3.05) is 20.3 Å². The maximum absolute atomic E-state index is 13.0. The van der Waals surface area contributed by atoms with Gasteiger partial charge in [0, 0.05) is 35.8 Å². The number of aromatic amines is 1. The Balaban J connectivity index is 1.78. The molecule has 142 valence electrons. The van der Waals surface area contributed by atoms with Crippen LogP contribution in [0.4, 0.5) is 0 Å². The number of piperidine rings is 3. The number of ether oxygens (including phenoxy) is 1. The number of para-hydroxylation sites is 1. The first kappa shape index (κ1) is 17.0. The van der Waals surface area contributed by atoms with Gasteiger partial charge in [0.1, 0.15) is 5.41 Å². The lowest BCUT2D eigenvalue weighted by Crippen LogP contribution is -2.75. The number of carbonyl (C=O) groups excluding carboxylic acids is 1. The quantitative estimate of drug-likeness (QED) is 0.555. The van der Waals surface area contributed by atoms with E-state index in [0.717, 1.165) is 27.7 Å². The van der Waals surface area contributed by atoms with E-state index in [1.807, 2.05) is 42.2 Å². The first-order valence-corrected chi connectivity index (χ1v) is 9.44. The van der Waals surface area contributed by atoms with Gasteiger partial charge in [0.2, 0.25) is 0 Å². The van der Waals surface area contributed by atoms with Gasteiger partial charge in [0.05, 0.1) is 19.4 Å². The molecule has 0 amide bonds. The SMILES string of the molecule is C/C=C1/CN2[C@@H]3Cc4c([nH]c5ccccc45)[C@@]2(O)C[C@@H]1C3(CO)C(=O)OC. The molecule has 1 aromatic carbocycles. The third kappa shape index (κ3) is 1.83. The van der Waals surface area contributed by atoms with Crippen LogP contribution in [0.25, 0.3) is 10.9 Å². The molecule has 2 unspecified atom stereocenters. The Bertz CT molecular complexity index is 980. The fraction of sp³-hybridized carbons (Fsp3) is 0.476. The number of aromatic nitrogens is 1. The van der Waals surface area contributed by atoms with Gasteiger partial charge in [-0.25, -0.2) is 0 Å². The first-order chi connectivity index (χ1) is 13.0. The zero-order chi connectivity index (χ0) is 19.0. The molecular formula is C21H24N2O4. The maximum atomic E-state index is 13.0. The van der Waals surface area contributed by atoms with Crippen LogP contribution in [0.5, 0.6) is 0 Å². The molecule has 5 heterocycles. The van der Waals surface area contributed by atoms with Crippen molar-refractivity contribution in [2.24, 2.45) is 11.3 Å². The highest BCUT2D eigenvalue weighted by Gasteiger charge is 2.69. The average molecular weight is 368 g/mol. The third-order valence-electron chi connectivity index (χ3n) is 7.17. The third-order valence-corrected chi connectivity index (χ3v) is 7.17. The van der Waals surface area contributed by atoms with Crippen molar-refractivity contribution in [3.8, 4) is 0 Å². The van der Waals surface area contributed by atoms with Crippen molar-refractivity contribution in [3.63, 3.8) is 0 Å². The number of hydrogen-bond acceptors (Lipinski definition) is 5. The van der Waals surface area contributed by atoms with Crippen molar-refractivity contribution in [3.05, 3.63) is 47.2 Å². The number of esters is 1. The Morgan fingerprint density at radius 3 is 2.93 bits per heavy atom. The number of carbonyl (C=O) groups is 1. The molecule has 2 aromatic rings. The van der Waals surface area contributed by atoms with Crippen molar-refractivity contribution < 1.29 is 19.7 Å². The zero-order valence-corrected chi connectivity index (χ0v) is 15.5. The molecule has 0 aliphatic carbocycles. The molecule has 0 radical (unpaired) electrons. The van der Waals surface area contributed by atoms with Gasteiger partial charge in [-0.1, -0.05) is 29.8 Å². The molecule has 5 atom stereocenters. The van der Waals surface area contributed by atoms with Gasteiger partial charge in [-0.15, -0.1) is 0 Å². The summed E-state index contributed by atoms with van der Waals surface area (Å²) in [6, 6.07) is 7.69. The highest BCUT2D eigenvalue weighted by molar-refractivity contribution is 5.86. The molecule has 3 fully saturated rings. The van der Waals surface area contributed by atoms with Crippen molar-refractivity contribution in [1.29, 1.82) is 0 Å². The lowest BCUT2D eigenvalue weighted by Gasteiger charge is -2.65. The van der Waals surface area contributed by atoms with E-state index in [2.05, 4.69) is 4.98 Å². The lowest BCUT2D eigenvalue weighted by atomic mass is 9.54. The molecule has 1 aromatic heterocycles. The molecule has 3 N–H and O–H groups in total. The van der Waals surface area contributed by atoms with E-state index >= 15 is 0 Å². The van der Waals surface area contributed by atoms with E-state index in [9.17, 15) is 15.0 Å². The van der Waals surface area contributed by atoms with Gasteiger partial charge in [0.15, 0.2) is 5.72 Å². The molecule has 27 heavy (non-hydrogen) atoms. The minimum absolute atomic E-state index is 0.250. The molecule has 4 aliphatic rings. The van der Waals surface area contributed by atoms with E-state index in [-0.39, 0.29) is 18.6 Å². The number of hydrogen-bond donors (Lipinski definition) is 3. The molecule has 0 spiro atoms. The summed E-state index contributed by atoms with van der Waals surface area (Å²) in [6.07, 6.45) is 2.96. The van der Waals surface area contributed by atoms with Crippen LogP contribution in [-0.4, -0.2) is 52.4 Å². The largest absolute Gasteiger partial charge is 0.468 e. The Kier molecular flexibility index (Phi) is 3.42. The van der Waals surface area contributed by atoms with Crippen LogP contribution in [0, 0.1) is 11.3 Å². The van der Waals surface area contributed by atoms with Crippen LogP contribution in [0.15, 0.2) is 35.9 Å². The van der Waals surface area contributed by atoms with E-state index in [1.54, 1.807) is 0 Å². The number of aliphatic hydroxyl groups excluding tert-OH is 1. The number of rotatable bonds is 2. The van der Waals surface area contributed by atoms with Crippen LogP contribution < -0.4 is 0 Å². The summed E-state index contributed by atoms with van der Waals surface area (Å²) in [5, 5.41) is 23.3. The zero-order valence-electron chi connectivity index (χ0n) is 15.5. The minimum Gasteiger partial charge on any atom is -0.468 e. The average Bonchev–Trinajstić information content (AvgIpc) is 3.07. The monoisotopic (exact) mass is 368 g/mol. The molecule has 6 heteroatoms. The number of methoxy groups -OCH3 is 1. The molecule has 4 bridgehead atoms. The predicted molar refractivity (Wildman–Crippen MR) is 99.8 cm³/mol. The Morgan fingerprint density at radius 2 is 2.22 bits per heavy atom. The second kappa shape index (κ2) is 5.44. The summed E-state index contributed by atoms with van der Waals surface area (Å²) in [7, 11) is 1.37. The van der Waals surface area contributed by atoms with Crippen molar-refractivity contribution >= 4 is 16.9 Å². The summed E-state index contributed by atoms with van der Waals surface area (Å²) in [6.45, 7) is 2.25. The smallest absolute Gasteiger partial charge is 0.316 e. The summed E-state index contributed by atoms with van der Waals surface area (Å²) in [5.74, 6) is -0.645. The highest BCUT2D eigenvalue weighted by Crippen LogP contribution is 2.61. The Hall–Kier alpha value is -2.15. The highest BCUT2D eigenvalue weighted by atomic mass is 16.5. The van der Waals surface area contributed by atoms with Gasteiger partial charge < -0.3 is 19.9 Å². The Labute approximate surface area is 157 Å². The maximum Gasteiger partial charge on any atom is 0.316 e. The van der Waals surface area contributed by atoms with Crippen LogP contribution >= 0.6 is 0 Å². The number of allylic oxidation sites excluding steroid dienone is 1. The summed E-state index contributed by atoms with van der Waals surface area (Å²) in [5.41, 5.74) is 1.71. The topological polar surface area (TPSA) is 85.8 Å². The molecule has 4 aliphatic heterocycles. The summed E-state index contributed by atoms with van der Waals surface area (Å²) in [4.78, 5) is 18.4. The molecule has 6 nitrogen and oxygen atoms in total. The van der Waals surface area contributed by atoms with E-state index in [1.165, 1.54) is 7.11 Å². The van der Waals surface area contributed by atoms with Crippen molar-refractivity contribution in [1.82, 2.24) is 9.88 Å². The van der Waals surface area contributed by atoms with Gasteiger partial charge >= 0.3 is 5.97 Å². The standard InChI is InChI=1S/C21H24N2O4/c1-3-12-10-23-17-8-14-13-6-4-5-7-16(13)22-18(14)21(23,26)9-15(12)20(17,11-24)19(25)27-2/h3-7,15,17,22,24,26H,8-11H2,1-2H3/b12-3-/t15-,17+,20?,21-/m0/s1.